The summed E-state index contributed by atoms with van der Waals surface area (Å²) < 4.78 is 26.9. The first kappa shape index (κ1) is 22.7. The summed E-state index contributed by atoms with van der Waals surface area (Å²) in [6.45, 7) is 5.76. The predicted molar refractivity (Wildman–Crippen MR) is 121 cm³/mol. The first-order valence-electron chi connectivity index (χ1n) is 10.2. The SMILES string of the molecule is CCN(CC)S(=O)(=O)c1cccc(NC(=O)CC2c3ccccc3C=CN2C(C)=O)c1. The maximum atomic E-state index is 12.8. The summed E-state index contributed by atoms with van der Waals surface area (Å²) >= 11 is 0. The van der Waals surface area contributed by atoms with Crippen LogP contribution in [0.3, 0.4) is 0 Å². The summed E-state index contributed by atoms with van der Waals surface area (Å²) in [6.07, 6.45) is 3.60. The number of amides is 2. The van der Waals surface area contributed by atoms with Gasteiger partial charge < -0.3 is 10.2 Å². The van der Waals surface area contributed by atoms with Crippen LogP contribution >= 0.6 is 0 Å². The number of benzene rings is 2. The molecule has 1 unspecified atom stereocenters. The maximum Gasteiger partial charge on any atom is 0.243 e. The molecule has 1 aliphatic heterocycles. The quantitative estimate of drug-likeness (QED) is 0.711. The van der Waals surface area contributed by atoms with Crippen LogP contribution in [0.4, 0.5) is 5.69 Å². The number of carbonyl (C=O) groups is 2. The number of anilines is 1. The molecule has 0 spiro atoms. The predicted octanol–water partition coefficient (Wildman–Crippen LogP) is 3.62. The molecule has 164 valence electrons. The third-order valence-corrected chi connectivity index (χ3v) is 7.35. The molecule has 1 atom stereocenters. The normalized spacial score (nSPS) is 15.6. The monoisotopic (exact) mass is 441 g/mol. The lowest BCUT2D eigenvalue weighted by atomic mass is 9.93. The molecule has 2 amide bonds. The number of rotatable bonds is 7. The van der Waals surface area contributed by atoms with Crippen molar-refractivity contribution < 1.29 is 18.0 Å². The van der Waals surface area contributed by atoms with E-state index < -0.39 is 16.1 Å². The van der Waals surface area contributed by atoms with Crippen molar-refractivity contribution in [2.75, 3.05) is 18.4 Å². The van der Waals surface area contributed by atoms with Gasteiger partial charge in [0.15, 0.2) is 0 Å². The van der Waals surface area contributed by atoms with Crippen LogP contribution in [0.25, 0.3) is 6.08 Å². The van der Waals surface area contributed by atoms with Gasteiger partial charge >= 0.3 is 0 Å². The largest absolute Gasteiger partial charge is 0.326 e. The van der Waals surface area contributed by atoms with E-state index in [9.17, 15) is 18.0 Å². The van der Waals surface area contributed by atoms with Crippen LogP contribution in [-0.2, 0) is 19.6 Å². The van der Waals surface area contributed by atoms with Crippen molar-refractivity contribution >= 4 is 33.6 Å². The van der Waals surface area contributed by atoms with Gasteiger partial charge in [-0.05, 0) is 35.4 Å². The van der Waals surface area contributed by atoms with E-state index >= 15 is 0 Å². The first-order valence-corrected chi connectivity index (χ1v) is 11.7. The zero-order valence-corrected chi connectivity index (χ0v) is 18.7. The van der Waals surface area contributed by atoms with Crippen LogP contribution in [0.2, 0.25) is 0 Å². The molecule has 0 bridgehead atoms. The van der Waals surface area contributed by atoms with E-state index in [2.05, 4.69) is 5.32 Å². The lowest BCUT2D eigenvalue weighted by Gasteiger charge is -2.32. The highest BCUT2D eigenvalue weighted by Gasteiger charge is 2.28. The van der Waals surface area contributed by atoms with E-state index in [0.717, 1.165) is 11.1 Å². The highest BCUT2D eigenvalue weighted by atomic mass is 32.2. The Labute approximate surface area is 183 Å². The molecule has 0 fully saturated rings. The van der Waals surface area contributed by atoms with Gasteiger partial charge in [0.1, 0.15) is 0 Å². The number of nitrogens with zero attached hydrogens (tertiary/aromatic N) is 2. The zero-order valence-electron chi connectivity index (χ0n) is 17.9. The zero-order chi connectivity index (χ0) is 22.6. The molecule has 1 N–H and O–H groups in total. The van der Waals surface area contributed by atoms with Crippen molar-refractivity contribution in [2.24, 2.45) is 0 Å². The Morgan fingerprint density at radius 1 is 1.06 bits per heavy atom. The van der Waals surface area contributed by atoms with Crippen molar-refractivity contribution in [3.8, 4) is 0 Å². The minimum Gasteiger partial charge on any atom is -0.326 e. The fourth-order valence-electron chi connectivity index (χ4n) is 3.75. The standard InChI is InChI=1S/C23H27N3O4S/c1-4-25(5-2)31(29,30)20-11-8-10-19(15-20)24-23(28)16-22-21-12-7-6-9-18(21)13-14-26(22)17(3)27/h6-15,22H,4-5,16H2,1-3H3,(H,24,28). The van der Waals surface area contributed by atoms with Crippen LogP contribution < -0.4 is 5.32 Å². The Hall–Kier alpha value is -2.97. The number of hydrogen-bond acceptors (Lipinski definition) is 4. The first-order chi connectivity index (χ1) is 14.8. The van der Waals surface area contributed by atoms with Gasteiger partial charge in [-0.2, -0.15) is 4.31 Å². The highest BCUT2D eigenvalue weighted by Crippen LogP contribution is 2.33. The van der Waals surface area contributed by atoms with E-state index in [4.69, 9.17) is 0 Å². The third-order valence-electron chi connectivity index (χ3n) is 5.31. The highest BCUT2D eigenvalue weighted by molar-refractivity contribution is 7.89. The van der Waals surface area contributed by atoms with E-state index in [1.54, 1.807) is 37.1 Å². The fraction of sp³-hybridized carbons (Fsp3) is 0.304. The molecule has 1 heterocycles. The van der Waals surface area contributed by atoms with Crippen LogP contribution in [0.5, 0.6) is 0 Å². The van der Waals surface area contributed by atoms with Crippen molar-refractivity contribution in [3.63, 3.8) is 0 Å². The van der Waals surface area contributed by atoms with E-state index in [-0.39, 0.29) is 23.1 Å². The smallest absolute Gasteiger partial charge is 0.243 e. The maximum absolute atomic E-state index is 12.8. The minimum atomic E-state index is -3.63. The lowest BCUT2D eigenvalue weighted by Crippen LogP contribution is -2.33. The molecule has 0 saturated carbocycles. The topological polar surface area (TPSA) is 86.8 Å². The molecule has 31 heavy (non-hydrogen) atoms. The molecular formula is C23H27N3O4S. The fourth-order valence-corrected chi connectivity index (χ4v) is 5.25. The molecule has 3 rings (SSSR count). The van der Waals surface area contributed by atoms with Crippen LogP contribution in [0.1, 0.15) is 44.4 Å². The second kappa shape index (κ2) is 9.45. The average Bonchev–Trinajstić information content (AvgIpc) is 2.74. The average molecular weight is 442 g/mol. The van der Waals surface area contributed by atoms with Crippen LogP contribution in [-0.4, -0.2) is 42.5 Å². The van der Waals surface area contributed by atoms with Crippen LogP contribution in [0.15, 0.2) is 59.6 Å². The van der Waals surface area contributed by atoms with Gasteiger partial charge in [-0.3, -0.25) is 9.59 Å². The number of nitrogens with one attached hydrogen (secondary N) is 1. The van der Waals surface area contributed by atoms with Gasteiger partial charge in [-0.1, -0.05) is 44.2 Å². The molecule has 2 aromatic carbocycles. The number of sulfonamides is 1. The van der Waals surface area contributed by atoms with Gasteiger partial charge in [0.05, 0.1) is 17.4 Å². The molecule has 0 aliphatic carbocycles. The lowest BCUT2D eigenvalue weighted by molar-refractivity contribution is -0.129. The van der Waals surface area contributed by atoms with E-state index in [1.165, 1.54) is 23.4 Å². The van der Waals surface area contributed by atoms with Crippen molar-refractivity contribution in [1.82, 2.24) is 9.21 Å². The van der Waals surface area contributed by atoms with Gasteiger partial charge in [-0.25, -0.2) is 8.42 Å². The molecule has 0 saturated heterocycles. The summed E-state index contributed by atoms with van der Waals surface area (Å²) in [7, 11) is -3.63. The van der Waals surface area contributed by atoms with Gasteiger partial charge in [0, 0.05) is 31.9 Å². The molecule has 7 nitrogen and oxygen atoms in total. The molecule has 1 aliphatic rings. The molecule has 0 aromatic heterocycles. The van der Waals surface area contributed by atoms with Crippen molar-refractivity contribution in [3.05, 3.63) is 65.9 Å². The number of carbonyl (C=O) groups excluding carboxylic acids is 2. The second-order valence-electron chi connectivity index (χ2n) is 7.26. The third kappa shape index (κ3) is 4.86. The van der Waals surface area contributed by atoms with Crippen molar-refractivity contribution in [2.45, 2.75) is 38.1 Å². The Kier molecular flexibility index (Phi) is 6.92. The second-order valence-corrected chi connectivity index (χ2v) is 9.19. The van der Waals surface area contributed by atoms with E-state index in [1.807, 2.05) is 30.3 Å². The minimum absolute atomic E-state index is 0.0496. The summed E-state index contributed by atoms with van der Waals surface area (Å²) in [6, 6.07) is 13.4. The number of hydrogen-bond donors (Lipinski definition) is 1. The summed E-state index contributed by atoms with van der Waals surface area (Å²) in [5.41, 5.74) is 2.26. The summed E-state index contributed by atoms with van der Waals surface area (Å²) in [5, 5.41) is 2.78. The molecule has 2 aromatic rings. The summed E-state index contributed by atoms with van der Waals surface area (Å²) in [4.78, 5) is 26.6. The Balaban J connectivity index is 1.81. The van der Waals surface area contributed by atoms with Gasteiger partial charge in [0.2, 0.25) is 21.8 Å². The van der Waals surface area contributed by atoms with E-state index in [0.29, 0.717) is 18.8 Å². The molecule has 0 radical (unpaired) electrons. The summed E-state index contributed by atoms with van der Waals surface area (Å²) in [5.74, 6) is -0.463. The van der Waals surface area contributed by atoms with Crippen molar-refractivity contribution in [1.29, 1.82) is 0 Å². The van der Waals surface area contributed by atoms with Gasteiger partial charge in [0.25, 0.3) is 0 Å². The van der Waals surface area contributed by atoms with Crippen LogP contribution in [0, 0.1) is 0 Å². The Bertz CT molecular complexity index is 1110. The molecular weight excluding hydrogens is 414 g/mol. The Morgan fingerprint density at radius 2 is 1.77 bits per heavy atom. The molecule has 8 heteroatoms. The number of fused-ring (bicyclic) bond motifs is 1. The Morgan fingerprint density at radius 3 is 2.45 bits per heavy atom. The van der Waals surface area contributed by atoms with Gasteiger partial charge in [-0.15, -0.1) is 0 Å².